The fraction of sp³-hybridized carbons (Fsp3) is 0.647. The fourth-order valence-electron chi connectivity index (χ4n) is 3.01. The Morgan fingerprint density at radius 1 is 1.44 bits per heavy atom. The van der Waals surface area contributed by atoms with Crippen molar-refractivity contribution in [3.8, 4) is 0 Å². The Bertz CT molecular complexity index is 841. The van der Waals surface area contributed by atoms with Gasteiger partial charge in [0.2, 0.25) is 5.91 Å². The molecule has 27 heavy (non-hydrogen) atoms. The molecule has 0 fully saturated rings. The lowest BCUT2D eigenvalue weighted by Crippen LogP contribution is -2.37. The predicted octanol–water partition coefficient (Wildman–Crippen LogP) is 0.985. The number of aryl methyl sites for hydroxylation is 2. The average Bonchev–Trinajstić information content (AvgIpc) is 3.10. The quantitative estimate of drug-likeness (QED) is 0.685. The van der Waals surface area contributed by atoms with E-state index in [4.69, 9.17) is 0 Å². The summed E-state index contributed by atoms with van der Waals surface area (Å²) in [5, 5.41) is 9.57. The number of thiazole rings is 1. The molecule has 1 unspecified atom stereocenters. The SMILES string of the molecule is Cc1csc(SCC(=O)NC2CCc3nn(CCN(C)C)c(=O)n3CC2)n1. The molecule has 3 rings (SSSR count). The summed E-state index contributed by atoms with van der Waals surface area (Å²) in [6.45, 7) is 3.93. The zero-order valence-electron chi connectivity index (χ0n) is 16.0. The molecular weight excluding hydrogens is 384 g/mol. The predicted molar refractivity (Wildman–Crippen MR) is 107 cm³/mol. The maximum absolute atomic E-state index is 12.5. The lowest BCUT2D eigenvalue weighted by Gasteiger charge is -2.15. The molecular formula is C17H26N6O2S2. The van der Waals surface area contributed by atoms with Gasteiger partial charge in [-0.3, -0.25) is 9.36 Å². The maximum atomic E-state index is 12.5. The summed E-state index contributed by atoms with van der Waals surface area (Å²) in [5.74, 6) is 1.20. The van der Waals surface area contributed by atoms with Crippen molar-refractivity contribution in [2.24, 2.45) is 0 Å². The van der Waals surface area contributed by atoms with Gasteiger partial charge in [-0.15, -0.1) is 11.3 Å². The molecule has 2 aromatic heterocycles. The van der Waals surface area contributed by atoms with Crippen LogP contribution in [0, 0.1) is 6.92 Å². The molecule has 1 N–H and O–H groups in total. The number of nitrogens with one attached hydrogen (secondary N) is 1. The topological polar surface area (TPSA) is 85.0 Å². The zero-order valence-corrected chi connectivity index (χ0v) is 17.6. The van der Waals surface area contributed by atoms with E-state index in [9.17, 15) is 9.59 Å². The Morgan fingerprint density at radius 2 is 2.26 bits per heavy atom. The van der Waals surface area contributed by atoms with Gasteiger partial charge in [0.1, 0.15) is 5.82 Å². The van der Waals surface area contributed by atoms with Crippen LogP contribution in [0.1, 0.15) is 24.4 Å². The largest absolute Gasteiger partial charge is 0.353 e. The molecule has 1 atom stereocenters. The molecule has 0 saturated heterocycles. The highest BCUT2D eigenvalue weighted by Crippen LogP contribution is 2.22. The first-order valence-corrected chi connectivity index (χ1v) is 10.9. The number of carbonyl (C=O) groups is 1. The molecule has 0 aliphatic carbocycles. The number of hydrogen-bond acceptors (Lipinski definition) is 7. The number of aromatic nitrogens is 4. The van der Waals surface area contributed by atoms with Gasteiger partial charge >= 0.3 is 5.69 Å². The normalized spacial score (nSPS) is 17.0. The summed E-state index contributed by atoms with van der Waals surface area (Å²) in [4.78, 5) is 31.1. The average molecular weight is 411 g/mol. The Kier molecular flexibility index (Phi) is 6.72. The molecule has 0 saturated carbocycles. The number of likely N-dealkylation sites (N-methyl/N-ethyl adjacent to an activating group) is 1. The zero-order chi connectivity index (χ0) is 19.4. The highest BCUT2D eigenvalue weighted by atomic mass is 32.2. The number of rotatable bonds is 7. The Balaban J connectivity index is 1.51. The first kappa shape index (κ1) is 20.1. The van der Waals surface area contributed by atoms with Gasteiger partial charge in [-0.25, -0.2) is 14.5 Å². The summed E-state index contributed by atoms with van der Waals surface area (Å²) in [7, 11) is 3.96. The monoisotopic (exact) mass is 410 g/mol. The van der Waals surface area contributed by atoms with Crippen molar-refractivity contribution in [1.29, 1.82) is 0 Å². The van der Waals surface area contributed by atoms with Crippen molar-refractivity contribution in [1.82, 2.24) is 29.5 Å². The fourth-order valence-corrected chi connectivity index (χ4v) is 4.67. The van der Waals surface area contributed by atoms with Gasteiger partial charge in [-0.2, -0.15) is 5.10 Å². The van der Waals surface area contributed by atoms with Crippen molar-refractivity contribution in [3.63, 3.8) is 0 Å². The van der Waals surface area contributed by atoms with Gasteiger partial charge in [0, 0.05) is 36.6 Å². The van der Waals surface area contributed by atoms with E-state index >= 15 is 0 Å². The number of carbonyl (C=O) groups excluding carboxylic acids is 1. The second kappa shape index (κ2) is 9.03. The van der Waals surface area contributed by atoms with Gasteiger partial charge in [-0.05, 0) is 33.9 Å². The molecule has 0 spiro atoms. The molecule has 3 heterocycles. The number of amides is 1. The summed E-state index contributed by atoms with van der Waals surface area (Å²) < 4.78 is 4.23. The molecule has 1 amide bonds. The number of hydrogen-bond donors (Lipinski definition) is 1. The Hall–Kier alpha value is -1.65. The molecule has 2 aromatic rings. The van der Waals surface area contributed by atoms with Crippen LogP contribution in [0.3, 0.4) is 0 Å². The molecule has 1 aliphatic rings. The number of thioether (sulfide) groups is 1. The van der Waals surface area contributed by atoms with E-state index < -0.39 is 0 Å². The van der Waals surface area contributed by atoms with Crippen LogP contribution in [0.2, 0.25) is 0 Å². The Morgan fingerprint density at radius 3 is 2.96 bits per heavy atom. The lowest BCUT2D eigenvalue weighted by atomic mass is 10.1. The molecule has 1 aliphatic heterocycles. The third kappa shape index (κ3) is 5.43. The van der Waals surface area contributed by atoms with Crippen molar-refractivity contribution in [3.05, 3.63) is 27.4 Å². The first-order chi connectivity index (χ1) is 12.9. The lowest BCUT2D eigenvalue weighted by molar-refractivity contribution is -0.119. The van der Waals surface area contributed by atoms with E-state index in [0.29, 0.717) is 25.3 Å². The van der Waals surface area contributed by atoms with E-state index in [2.05, 4.69) is 15.4 Å². The third-order valence-corrected chi connectivity index (χ3v) is 6.60. The molecule has 0 bridgehead atoms. The third-order valence-electron chi connectivity index (χ3n) is 4.47. The second-order valence-corrected chi connectivity index (χ2v) is 9.09. The summed E-state index contributed by atoms with van der Waals surface area (Å²) >= 11 is 3.03. The van der Waals surface area contributed by atoms with E-state index in [1.807, 2.05) is 31.3 Å². The van der Waals surface area contributed by atoms with Crippen LogP contribution in [0.15, 0.2) is 14.5 Å². The molecule has 148 valence electrons. The van der Waals surface area contributed by atoms with Crippen molar-refractivity contribution in [2.45, 2.75) is 49.7 Å². The van der Waals surface area contributed by atoms with Crippen molar-refractivity contribution >= 4 is 29.0 Å². The minimum absolute atomic E-state index is 0.0146. The summed E-state index contributed by atoms with van der Waals surface area (Å²) in [6.07, 6.45) is 2.25. The van der Waals surface area contributed by atoms with Crippen LogP contribution >= 0.6 is 23.1 Å². The van der Waals surface area contributed by atoms with Crippen LogP contribution in [-0.4, -0.2) is 62.6 Å². The smallest absolute Gasteiger partial charge is 0.345 e. The van der Waals surface area contributed by atoms with Gasteiger partial charge in [0.25, 0.3) is 0 Å². The maximum Gasteiger partial charge on any atom is 0.345 e. The highest BCUT2D eigenvalue weighted by molar-refractivity contribution is 8.01. The van der Waals surface area contributed by atoms with Gasteiger partial charge in [-0.1, -0.05) is 11.8 Å². The highest BCUT2D eigenvalue weighted by Gasteiger charge is 2.22. The minimum Gasteiger partial charge on any atom is -0.353 e. The van der Waals surface area contributed by atoms with Crippen molar-refractivity contribution < 1.29 is 4.79 Å². The van der Waals surface area contributed by atoms with Crippen LogP contribution in [-0.2, 0) is 24.3 Å². The van der Waals surface area contributed by atoms with Crippen LogP contribution in [0.5, 0.6) is 0 Å². The standard InChI is InChI=1S/C17H26N6O2S2/c1-12-10-26-16(18-12)27-11-15(24)19-13-4-5-14-20-23(9-8-21(2)3)17(25)22(14)7-6-13/h10,13H,4-9,11H2,1-3H3,(H,19,24). The Labute approximate surface area is 167 Å². The summed E-state index contributed by atoms with van der Waals surface area (Å²) in [5.41, 5.74) is 0.936. The van der Waals surface area contributed by atoms with Crippen molar-refractivity contribution in [2.75, 3.05) is 26.4 Å². The van der Waals surface area contributed by atoms with E-state index in [0.717, 1.165) is 35.2 Å². The van der Waals surface area contributed by atoms with Crippen LogP contribution < -0.4 is 11.0 Å². The van der Waals surface area contributed by atoms with Gasteiger partial charge < -0.3 is 10.2 Å². The molecule has 0 aromatic carbocycles. The molecule has 8 nitrogen and oxygen atoms in total. The van der Waals surface area contributed by atoms with Crippen LogP contribution in [0.4, 0.5) is 0 Å². The van der Waals surface area contributed by atoms with Crippen LogP contribution in [0.25, 0.3) is 0 Å². The molecule has 10 heteroatoms. The van der Waals surface area contributed by atoms with E-state index in [1.54, 1.807) is 20.6 Å². The molecule has 0 radical (unpaired) electrons. The minimum atomic E-state index is -0.0477. The van der Waals surface area contributed by atoms with E-state index in [1.165, 1.54) is 11.8 Å². The van der Waals surface area contributed by atoms with E-state index in [-0.39, 0.29) is 17.6 Å². The van der Waals surface area contributed by atoms with Gasteiger partial charge in [0.05, 0.1) is 12.3 Å². The second-order valence-electron chi connectivity index (χ2n) is 7.01. The number of nitrogens with zero attached hydrogens (tertiary/aromatic N) is 5. The van der Waals surface area contributed by atoms with Gasteiger partial charge in [0.15, 0.2) is 4.34 Å². The first-order valence-electron chi connectivity index (χ1n) is 9.08. The summed E-state index contributed by atoms with van der Waals surface area (Å²) in [6, 6.07) is 0.0763. The number of fused-ring (bicyclic) bond motifs is 1.